The molecule has 6 nitrogen and oxygen atoms in total. The summed E-state index contributed by atoms with van der Waals surface area (Å²) in [5, 5.41) is 9.63. The fraction of sp³-hybridized carbons (Fsp3) is 0.263. The summed E-state index contributed by atoms with van der Waals surface area (Å²) >= 11 is 0. The predicted octanol–water partition coefficient (Wildman–Crippen LogP) is 2.72. The Morgan fingerprint density at radius 3 is 2.72 bits per heavy atom. The van der Waals surface area contributed by atoms with Gasteiger partial charge in [0, 0.05) is 24.1 Å². The van der Waals surface area contributed by atoms with Crippen LogP contribution in [0.2, 0.25) is 0 Å². The highest BCUT2D eigenvalue weighted by molar-refractivity contribution is 5.86. The molecule has 1 heterocycles. The van der Waals surface area contributed by atoms with E-state index in [1.807, 2.05) is 23.9 Å². The number of fused-ring (bicyclic) bond motifs is 1. The lowest BCUT2D eigenvalue weighted by Gasteiger charge is -2.14. The molecular formula is C19H21NO5. The number of methoxy groups -OCH3 is 1. The standard InChI is InChI=1S/C19H21NO5/c1-5-12(2)15(19(23)24-4)8-13-10-20(3)17-7-6-14(9-16(13)17)25-11-18(21)22/h5-7,9-10,15H,1-2,8,11H2,3-4H3,(H,21,22)/t15-/m1/s1. The summed E-state index contributed by atoms with van der Waals surface area (Å²) in [4.78, 5) is 22.7. The third-order valence-electron chi connectivity index (χ3n) is 4.03. The van der Waals surface area contributed by atoms with Crippen molar-refractivity contribution in [1.82, 2.24) is 4.57 Å². The molecule has 0 saturated carbocycles. The number of carboxylic acids is 1. The summed E-state index contributed by atoms with van der Waals surface area (Å²) in [6.45, 7) is 7.14. The number of carbonyl (C=O) groups excluding carboxylic acids is 1. The molecule has 0 spiro atoms. The van der Waals surface area contributed by atoms with Crippen LogP contribution in [0.3, 0.4) is 0 Å². The lowest BCUT2D eigenvalue weighted by atomic mass is 9.92. The first kappa shape index (κ1) is 18.3. The predicted molar refractivity (Wildman–Crippen MR) is 94.6 cm³/mol. The van der Waals surface area contributed by atoms with Crippen molar-refractivity contribution in [3.8, 4) is 5.75 Å². The van der Waals surface area contributed by atoms with E-state index in [2.05, 4.69) is 13.2 Å². The van der Waals surface area contributed by atoms with Crippen LogP contribution < -0.4 is 4.74 Å². The van der Waals surface area contributed by atoms with Crippen LogP contribution in [0.15, 0.2) is 49.2 Å². The fourth-order valence-corrected chi connectivity index (χ4v) is 2.72. The molecule has 0 fully saturated rings. The summed E-state index contributed by atoms with van der Waals surface area (Å²) in [5.74, 6) is -1.49. The molecule has 2 aromatic rings. The number of carbonyl (C=O) groups is 2. The molecule has 1 aromatic carbocycles. The second-order valence-electron chi connectivity index (χ2n) is 5.69. The highest BCUT2D eigenvalue weighted by atomic mass is 16.5. The zero-order chi connectivity index (χ0) is 18.6. The number of aromatic nitrogens is 1. The van der Waals surface area contributed by atoms with Gasteiger partial charge in [-0.25, -0.2) is 4.79 Å². The zero-order valence-electron chi connectivity index (χ0n) is 14.3. The summed E-state index contributed by atoms with van der Waals surface area (Å²) < 4.78 is 12.1. The van der Waals surface area contributed by atoms with Gasteiger partial charge in [-0.1, -0.05) is 19.2 Å². The van der Waals surface area contributed by atoms with Gasteiger partial charge in [0.2, 0.25) is 0 Å². The van der Waals surface area contributed by atoms with Crippen LogP contribution in [0.4, 0.5) is 0 Å². The lowest BCUT2D eigenvalue weighted by molar-refractivity contribution is -0.144. The highest BCUT2D eigenvalue weighted by Crippen LogP contribution is 2.29. The second-order valence-corrected chi connectivity index (χ2v) is 5.69. The first-order valence-electron chi connectivity index (χ1n) is 7.69. The van der Waals surface area contributed by atoms with Crippen LogP contribution in [0.5, 0.6) is 5.75 Å². The number of esters is 1. The van der Waals surface area contributed by atoms with Crippen LogP contribution in [0.25, 0.3) is 10.9 Å². The van der Waals surface area contributed by atoms with Crippen LogP contribution >= 0.6 is 0 Å². The van der Waals surface area contributed by atoms with Gasteiger partial charge in [0.15, 0.2) is 6.61 Å². The third kappa shape index (κ3) is 4.09. The Hall–Kier alpha value is -3.02. The number of hydrogen-bond donors (Lipinski definition) is 1. The molecule has 1 atom stereocenters. The molecule has 6 heteroatoms. The molecule has 132 valence electrons. The minimum atomic E-state index is -1.04. The summed E-state index contributed by atoms with van der Waals surface area (Å²) in [6, 6.07) is 5.35. The molecule has 25 heavy (non-hydrogen) atoms. The Bertz CT molecular complexity index is 834. The minimum Gasteiger partial charge on any atom is -0.482 e. The number of allylic oxidation sites excluding steroid dienone is 1. The Morgan fingerprint density at radius 2 is 2.12 bits per heavy atom. The number of carboxylic acid groups (broad SMARTS) is 1. The number of benzene rings is 1. The van der Waals surface area contributed by atoms with E-state index in [-0.39, 0.29) is 5.97 Å². The lowest BCUT2D eigenvalue weighted by Crippen LogP contribution is -2.19. The molecule has 0 radical (unpaired) electrons. The second kappa shape index (κ2) is 7.70. The average Bonchev–Trinajstić information content (AvgIpc) is 2.91. The first-order chi connectivity index (χ1) is 11.9. The largest absolute Gasteiger partial charge is 0.482 e. The molecule has 0 aliphatic rings. The maximum absolute atomic E-state index is 12.1. The summed E-state index contributed by atoms with van der Waals surface area (Å²) in [7, 11) is 3.24. The topological polar surface area (TPSA) is 77.8 Å². The Labute approximate surface area is 146 Å². The molecule has 2 rings (SSSR count). The molecule has 0 saturated heterocycles. The van der Waals surface area contributed by atoms with E-state index in [1.54, 1.807) is 18.2 Å². The molecule has 0 unspecified atom stereocenters. The Balaban J connectivity index is 2.40. The van der Waals surface area contributed by atoms with Gasteiger partial charge in [0.1, 0.15) is 5.75 Å². The van der Waals surface area contributed by atoms with Crippen molar-refractivity contribution >= 4 is 22.8 Å². The van der Waals surface area contributed by atoms with E-state index in [0.717, 1.165) is 16.5 Å². The van der Waals surface area contributed by atoms with Gasteiger partial charge >= 0.3 is 11.9 Å². The van der Waals surface area contributed by atoms with Gasteiger partial charge in [-0.2, -0.15) is 0 Å². The number of nitrogens with zero attached hydrogens (tertiary/aromatic N) is 1. The van der Waals surface area contributed by atoms with Crippen LogP contribution in [0.1, 0.15) is 5.56 Å². The number of aliphatic carboxylic acids is 1. The van der Waals surface area contributed by atoms with E-state index in [0.29, 0.717) is 17.7 Å². The monoisotopic (exact) mass is 343 g/mol. The van der Waals surface area contributed by atoms with Crippen LogP contribution in [-0.2, 0) is 27.8 Å². The Morgan fingerprint density at radius 1 is 1.40 bits per heavy atom. The maximum atomic E-state index is 12.1. The van der Waals surface area contributed by atoms with Crippen LogP contribution in [0, 0.1) is 5.92 Å². The number of ether oxygens (including phenoxy) is 2. The van der Waals surface area contributed by atoms with Gasteiger partial charge in [0.05, 0.1) is 13.0 Å². The van der Waals surface area contributed by atoms with Crippen molar-refractivity contribution in [2.75, 3.05) is 13.7 Å². The minimum absolute atomic E-state index is 0.375. The molecule has 1 N–H and O–H groups in total. The maximum Gasteiger partial charge on any atom is 0.341 e. The number of rotatable bonds is 8. The quantitative estimate of drug-likeness (QED) is 0.589. The molecule has 0 aliphatic heterocycles. The number of aryl methyl sites for hydroxylation is 1. The van der Waals surface area contributed by atoms with Gasteiger partial charge in [0.25, 0.3) is 0 Å². The van der Waals surface area contributed by atoms with E-state index in [9.17, 15) is 9.59 Å². The van der Waals surface area contributed by atoms with E-state index in [4.69, 9.17) is 14.6 Å². The molecule has 0 bridgehead atoms. The van der Waals surface area contributed by atoms with Gasteiger partial charge in [-0.05, 0) is 35.8 Å². The van der Waals surface area contributed by atoms with Crippen molar-refractivity contribution in [1.29, 1.82) is 0 Å². The van der Waals surface area contributed by atoms with Crippen molar-refractivity contribution in [3.05, 3.63) is 54.8 Å². The summed E-state index contributed by atoms with van der Waals surface area (Å²) in [6.07, 6.45) is 3.88. The summed E-state index contributed by atoms with van der Waals surface area (Å²) in [5.41, 5.74) is 2.45. The van der Waals surface area contributed by atoms with E-state index >= 15 is 0 Å². The van der Waals surface area contributed by atoms with Crippen LogP contribution in [-0.4, -0.2) is 35.3 Å². The molecule has 0 amide bonds. The van der Waals surface area contributed by atoms with Gasteiger partial charge in [-0.3, -0.25) is 4.79 Å². The molecular weight excluding hydrogens is 322 g/mol. The smallest absolute Gasteiger partial charge is 0.341 e. The van der Waals surface area contributed by atoms with Crippen molar-refractivity contribution < 1.29 is 24.2 Å². The normalized spacial score (nSPS) is 11.8. The van der Waals surface area contributed by atoms with E-state index in [1.165, 1.54) is 7.11 Å². The highest BCUT2D eigenvalue weighted by Gasteiger charge is 2.23. The SMILES string of the molecule is C=CC(=C)[C@@H](Cc1cn(C)c2ccc(OCC(=O)O)cc12)C(=O)OC. The van der Waals surface area contributed by atoms with Gasteiger partial charge in [-0.15, -0.1) is 0 Å². The fourth-order valence-electron chi connectivity index (χ4n) is 2.72. The molecule has 1 aromatic heterocycles. The van der Waals surface area contributed by atoms with Gasteiger partial charge < -0.3 is 19.1 Å². The van der Waals surface area contributed by atoms with E-state index < -0.39 is 18.5 Å². The zero-order valence-corrected chi connectivity index (χ0v) is 14.3. The van der Waals surface area contributed by atoms with Crippen molar-refractivity contribution in [2.45, 2.75) is 6.42 Å². The molecule has 0 aliphatic carbocycles. The first-order valence-corrected chi connectivity index (χ1v) is 7.69. The third-order valence-corrected chi connectivity index (χ3v) is 4.03. The van der Waals surface area contributed by atoms with Crippen molar-refractivity contribution in [3.63, 3.8) is 0 Å². The Kier molecular flexibility index (Phi) is 5.64. The number of hydrogen-bond acceptors (Lipinski definition) is 4. The average molecular weight is 343 g/mol. The van der Waals surface area contributed by atoms with Crippen molar-refractivity contribution in [2.24, 2.45) is 13.0 Å².